The van der Waals surface area contributed by atoms with Gasteiger partial charge in [-0.05, 0) is 102 Å². The van der Waals surface area contributed by atoms with E-state index in [0.29, 0.717) is 69.8 Å². The minimum absolute atomic E-state index is 0.105. The first-order chi connectivity index (χ1) is 28.9. The molecular weight excluding hydrogens is 791 g/mol. The molecular formula is C42H65N17O3. The van der Waals surface area contributed by atoms with Crippen LogP contribution < -0.4 is 33.4 Å². The molecule has 0 fully saturated rings. The molecule has 3 aliphatic rings. The quantitative estimate of drug-likeness (QED) is 0.158. The Balaban J connectivity index is 0.000000207. The maximum absolute atomic E-state index is 11.5. The number of nitrogens with zero attached hydrogens (tertiary/aromatic N) is 11. The van der Waals surface area contributed by atoms with Gasteiger partial charge in [0.15, 0.2) is 22.6 Å². The fourth-order valence-electron chi connectivity index (χ4n) is 5.83. The molecule has 0 radical (unpaired) electrons. The lowest BCUT2D eigenvalue weighted by molar-refractivity contribution is -0.116. The van der Waals surface area contributed by atoms with Crippen LogP contribution in [0.15, 0.2) is 83.6 Å². The van der Waals surface area contributed by atoms with E-state index in [1.807, 2.05) is 80.5 Å². The molecule has 9 N–H and O–H groups in total. The first-order valence-corrected chi connectivity index (χ1v) is 20.3. The van der Waals surface area contributed by atoms with E-state index in [0.717, 1.165) is 11.2 Å². The number of carbonyl (C=O) groups excluding carboxylic acids is 2. The predicted molar refractivity (Wildman–Crippen MR) is 246 cm³/mol. The lowest BCUT2D eigenvalue weighted by Gasteiger charge is -2.31. The Morgan fingerprint density at radius 2 is 1.23 bits per heavy atom. The van der Waals surface area contributed by atoms with E-state index in [1.54, 1.807) is 43.0 Å². The number of amidine groups is 1. The van der Waals surface area contributed by atoms with Gasteiger partial charge in [0.25, 0.3) is 11.5 Å². The summed E-state index contributed by atoms with van der Waals surface area (Å²) >= 11 is 0. The van der Waals surface area contributed by atoms with Crippen molar-refractivity contribution in [2.24, 2.45) is 16.5 Å². The standard InChI is InChI=1S/C9H13N5.C9H12N4O.C8H15N3O.C8H13N3.C8H12N2O/c1-5(2)14-4-11-7-8(10)12-6(3)13-9(7)14;1-5(2)13-4-10-7-8(13)11-6(3)12-9(7)14;1-5(2)11-4-6(3)7(9)10-8(11)12;1-6(2)11-5-4-8(9)10-7(11)3;1-6(2)10-5-4-8(11)9-7(10)3/h4-5H,1-3H3,(H2,10,12,13);4-5H,1-3H3,(H,11,12,14);4-5,7H,9H2,1-3H3,(H,10,12);4-6H,3H2,1-2H3,(H2,9,10);4-6H,3H2,1-2H3,(H,9,11). The highest BCUT2D eigenvalue weighted by Crippen LogP contribution is 2.19. The number of imidazole rings is 2. The largest absolute Gasteiger partial charge is 0.384 e. The molecule has 4 aromatic heterocycles. The van der Waals surface area contributed by atoms with Crippen molar-refractivity contribution in [3.63, 3.8) is 0 Å². The summed E-state index contributed by atoms with van der Waals surface area (Å²) in [7, 11) is 0. The van der Waals surface area contributed by atoms with Gasteiger partial charge in [0, 0.05) is 54.9 Å². The molecule has 3 aliphatic heterocycles. The Morgan fingerprint density at radius 3 is 1.74 bits per heavy atom. The van der Waals surface area contributed by atoms with Gasteiger partial charge in [-0.3, -0.25) is 14.5 Å². The summed E-state index contributed by atoms with van der Waals surface area (Å²) in [4.78, 5) is 66.5. The van der Waals surface area contributed by atoms with E-state index < -0.39 is 0 Å². The Hall–Kier alpha value is -6.83. The molecule has 20 nitrogen and oxygen atoms in total. The Kier molecular flexibility index (Phi) is 17.3. The van der Waals surface area contributed by atoms with Crippen molar-refractivity contribution in [2.45, 2.75) is 126 Å². The van der Waals surface area contributed by atoms with Crippen LogP contribution in [-0.2, 0) is 4.79 Å². The molecule has 3 amide bonds. The smallest absolute Gasteiger partial charge is 0.323 e. The first-order valence-electron chi connectivity index (χ1n) is 20.3. The predicted octanol–water partition coefficient (Wildman–Crippen LogP) is 4.78. The molecule has 20 heteroatoms. The third-order valence-corrected chi connectivity index (χ3v) is 9.17. The molecule has 0 aromatic carbocycles. The van der Waals surface area contributed by atoms with Crippen LogP contribution in [0, 0.1) is 13.8 Å². The van der Waals surface area contributed by atoms with Gasteiger partial charge in [-0.15, -0.1) is 0 Å². The van der Waals surface area contributed by atoms with Gasteiger partial charge in [-0.25, -0.2) is 34.7 Å². The topological polar surface area (TPSA) is 266 Å². The van der Waals surface area contributed by atoms with Gasteiger partial charge in [0.05, 0.1) is 12.7 Å². The number of hydrogen-bond donors (Lipinski definition) is 6. The molecule has 0 aliphatic carbocycles. The lowest BCUT2D eigenvalue weighted by Crippen LogP contribution is -2.53. The van der Waals surface area contributed by atoms with Crippen LogP contribution in [0.5, 0.6) is 0 Å². The van der Waals surface area contributed by atoms with Crippen molar-refractivity contribution in [3.8, 4) is 0 Å². The number of rotatable bonds is 5. The molecule has 7 rings (SSSR count). The Morgan fingerprint density at radius 1 is 0.694 bits per heavy atom. The van der Waals surface area contributed by atoms with E-state index in [1.165, 1.54) is 6.08 Å². The van der Waals surface area contributed by atoms with E-state index in [4.69, 9.17) is 17.2 Å². The normalized spacial score (nSPS) is 16.0. The van der Waals surface area contributed by atoms with E-state index in [-0.39, 0.29) is 35.7 Å². The maximum atomic E-state index is 11.5. The summed E-state index contributed by atoms with van der Waals surface area (Å²) in [6, 6.07) is 1.35. The van der Waals surface area contributed by atoms with Gasteiger partial charge in [0.2, 0.25) is 0 Å². The van der Waals surface area contributed by atoms with Crippen LogP contribution in [0.3, 0.4) is 0 Å². The number of anilines is 1. The van der Waals surface area contributed by atoms with Crippen LogP contribution >= 0.6 is 0 Å². The van der Waals surface area contributed by atoms with Crippen molar-refractivity contribution in [1.82, 2.24) is 64.4 Å². The second-order valence-electron chi connectivity index (χ2n) is 16.0. The van der Waals surface area contributed by atoms with Gasteiger partial charge in [0.1, 0.15) is 40.8 Å². The zero-order valence-corrected chi connectivity index (χ0v) is 38.3. The zero-order chi connectivity index (χ0) is 46.7. The average molecular weight is 856 g/mol. The van der Waals surface area contributed by atoms with Crippen molar-refractivity contribution in [3.05, 3.63) is 95.8 Å². The SMILES string of the molecule is C=C1N=C(N)C=CN1C(C)C.C=C1NC(=O)C=CN1C(C)C.CC1=CN(C(C)C)C(=O)NC1N.Cc1nc(N)c2ncn(C(C)C)c2n1.Cc1nc2c(ncn2C(C)C)c(=O)[nH]1. The van der Waals surface area contributed by atoms with Crippen molar-refractivity contribution >= 4 is 45.9 Å². The fourth-order valence-corrected chi connectivity index (χ4v) is 5.83. The van der Waals surface area contributed by atoms with Crippen molar-refractivity contribution in [1.29, 1.82) is 0 Å². The number of hydrogen-bond acceptors (Lipinski definition) is 14. The Bertz CT molecular complexity index is 2410. The third kappa shape index (κ3) is 13.1. The van der Waals surface area contributed by atoms with Crippen LogP contribution in [0.4, 0.5) is 10.6 Å². The molecule has 0 spiro atoms. The van der Waals surface area contributed by atoms with Gasteiger partial charge in [-0.1, -0.05) is 13.2 Å². The molecule has 1 atom stereocenters. The number of H-pyrrole nitrogens is 1. The van der Waals surface area contributed by atoms with Crippen LogP contribution in [-0.4, -0.2) is 95.8 Å². The fraction of sp³-hybridized carbons (Fsp3) is 0.452. The molecule has 1 unspecified atom stereocenters. The third-order valence-electron chi connectivity index (χ3n) is 9.17. The first kappa shape index (κ1) is 49.5. The lowest BCUT2D eigenvalue weighted by atomic mass is 10.2. The van der Waals surface area contributed by atoms with Crippen LogP contribution in [0.25, 0.3) is 22.3 Å². The number of aromatic amines is 1. The van der Waals surface area contributed by atoms with E-state index in [2.05, 4.69) is 86.4 Å². The number of nitrogens with one attached hydrogen (secondary N) is 3. The van der Waals surface area contributed by atoms with E-state index >= 15 is 0 Å². The molecule has 0 saturated carbocycles. The highest BCUT2D eigenvalue weighted by molar-refractivity contribution is 5.92. The Labute approximate surface area is 363 Å². The second-order valence-corrected chi connectivity index (χ2v) is 16.0. The molecule has 4 aromatic rings. The highest BCUT2D eigenvalue weighted by atomic mass is 16.2. The minimum atomic E-state index is -0.326. The number of carbonyl (C=O) groups is 2. The summed E-state index contributed by atoms with van der Waals surface area (Å²) in [5.41, 5.74) is 20.2. The number of aryl methyl sites for hydroxylation is 2. The molecule has 0 bridgehead atoms. The summed E-state index contributed by atoms with van der Waals surface area (Å²) in [6.45, 7) is 33.3. The maximum Gasteiger partial charge on any atom is 0.323 e. The summed E-state index contributed by atoms with van der Waals surface area (Å²) in [5.74, 6) is 3.51. The molecule has 62 heavy (non-hydrogen) atoms. The number of aliphatic imine (C=N–C) groups is 1. The highest BCUT2D eigenvalue weighted by Gasteiger charge is 2.23. The average Bonchev–Trinajstić information content (AvgIpc) is 3.79. The van der Waals surface area contributed by atoms with E-state index in [9.17, 15) is 14.4 Å². The summed E-state index contributed by atoms with van der Waals surface area (Å²) < 4.78 is 3.87. The number of nitrogens with two attached hydrogens (primary N) is 3. The minimum Gasteiger partial charge on any atom is -0.384 e. The molecule has 7 heterocycles. The van der Waals surface area contributed by atoms with Crippen LogP contribution in [0.1, 0.15) is 99.9 Å². The van der Waals surface area contributed by atoms with Crippen molar-refractivity contribution < 1.29 is 9.59 Å². The summed E-state index contributed by atoms with van der Waals surface area (Å²) in [5, 5.41) is 5.27. The second kappa shape index (κ2) is 21.6. The molecule has 336 valence electrons. The zero-order valence-electron chi connectivity index (χ0n) is 38.3. The number of urea groups is 1. The van der Waals surface area contributed by atoms with Gasteiger partial charge < -0.3 is 51.8 Å². The van der Waals surface area contributed by atoms with Gasteiger partial charge >= 0.3 is 6.03 Å². The molecule has 0 saturated heterocycles. The monoisotopic (exact) mass is 856 g/mol. The van der Waals surface area contributed by atoms with Gasteiger partial charge in [-0.2, -0.15) is 0 Å². The number of amides is 3. The number of aromatic nitrogens is 8. The summed E-state index contributed by atoms with van der Waals surface area (Å²) in [6.07, 6.45) is 11.8. The van der Waals surface area contributed by atoms with Crippen molar-refractivity contribution in [2.75, 3.05) is 5.73 Å². The van der Waals surface area contributed by atoms with Crippen LogP contribution in [0.2, 0.25) is 0 Å². The number of fused-ring (bicyclic) bond motifs is 2. The number of nitrogen functional groups attached to an aromatic ring is 1.